The minimum atomic E-state index is -1.33. The molecular weight excluding hydrogens is 534 g/mol. The van der Waals surface area contributed by atoms with Gasteiger partial charge in [-0.25, -0.2) is 9.78 Å². The molecule has 2 heterocycles. The lowest BCUT2D eigenvalue weighted by Gasteiger charge is -2.26. The Balaban J connectivity index is 1.83. The van der Waals surface area contributed by atoms with Gasteiger partial charge in [0.1, 0.15) is 18.1 Å². The number of carbonyl (C=O) groups excluding carboxylic acids is 3. The van der Waals surface area contributed by atoms with E-state index in [1.807, 2.05) is 24.3 Å². The van der Waals surface area contributed by atoms with Crippen LogP contribution in [0.15, 0.2) is 43.0 Å². The van der Waals surface area contributed by atoms with Crippen LogP contribution in [0.1, 0.15) is 37.9 Å². The molecule has 220 valence electrons. The van der Waals surface area contributed by atoms with Crippen molar-refractivity contribution in [3.63, 3.8) is 0 Å². The zero-order valence-corrected chi connectivity index (χ0v) is 22.7. The summed E-state index contributed by atoms with van der Waals surface area (Å²) in [7, 11) is 0. The number of benzene rings is 1. The van der Waals surface area contributed by atoms with Gasteiger partial charge in [0.05, 0.1) is 12.4 Å². The fourth-order valence-corrected chi connectivity index (χ4v) is 4.31. The number of fused-ring (bicyclic) bond motifs is 1. The fraction of sp³-hybridized carbons (Fsp3) is 0.407. The SMILES string of the molecule is CC(C)C(NC(=O)C(Cc1c[nH]c2ccccc12)NC(=O)C(CCC(=O)O)NC(=O)C(N)Cc1cnc[nH]1)C(=O)O. The Bertz CT molecular complexity index is 1370. The Hall–Kier alpha value is -4.72. The van der Waals surface area contributed by atoms with Crippen molar-refractivity contribution >= 4 is 40.6 Å². The van der Waals surface area contributed by atoms with Gasteiger partial charge in [-0.15, -0.1) is 0 Å². The lowest BCUT2D eigenvalue weighted by Crippen LogP contribution is -2.58. The van der Waals surface area contributed by atoms with Gasteiger partial charge < -0.3 is 41.9 Å². The average Bonchev–Trinajstić information content (AvgIpc) is 3.58. The molecule has 4 atom stereocenters. The van der Waals surface area contributed by atoms with Gasteiger partial charge in [-0.2, -0.15) is 0 Å². The summed E-state index contributed by atoms with van der Waals surface area (Å²) < 4.78 is 0. The third-order valence-corrected chi connectivity index (χ3v) is 6.57. The molecule has 41 heavy (non-hydrogen) atoms. The molecule has 3 aromatic rings. The number of imidazole rings is 1. The Morgan fingerprint density at radius 1 is 0.927 bits per heavy atom. The normalized spacial score (nSPS) is 14.1. The minimum Gasteiger partial charge on any atom is -0.481 e. The van der Waals surface area contributed by atoms with Crippen LogP contribution in [-0.4, -0.2) is 79.0 Å². The van der Waals surface area contributed by atoms with Crippen LogP contribution in [0.5, 0.6) is 0 Å². The number of hydrogen-bond acceptors (Lipinski definition) is 7. The lowest BCUT2D eigenvalue weighted by molar-refractivity contribution is -0.143. The van der Waals surface area contributed by atoms with Crippen molar-refractivity contribution in [1.82, 2.24) is 30.9 Å². The summed E-state index contributed by atoms with van der Waals surface area (Å²) in [6.07, 6.45) is 3.98. The highest BCUT2D eigenvalue weighted by Crippen LogP contribution is 2.19. The first-order valence-electron chi connectivity index (χ1n) is 13.1. The van der Waals surface area contributed by atoms with E-state index >= 15 is 0 Å². The molecule has 2 aromatic heterocycles. The Morgan fingerprint density at radius 2 is 1.61 bits per heavy atom. The summed E-state index contributed by atoms with van der Waals surface area (Å²) in [5.41, 5.74) is 8.06. The van der Waals surface area contributed by atoms with Gasteiger partial charge in [0.15, 0.2) is 0 Å². The van der Waals surface area contributed by atoms with Crippen molar-refractivity contribution < 1.29 is 34.2 Å². The number of nitrogens with one attached hydrogen (secondary N) is 5. The van der Waals surface area contributed by atoms with Gasteiger partial charge in [0.2, 0.25) is 17.7 Å². The molecule has 14 nitrogen and oxygen atoms in total. The highest BCUT2D eigenvalue weighted by atomic mass is 16.4. The van der Waals surface area contributed by atoms with E-state index in [-0.39, 0.29) is 19.3 Å². The molecule has 14 heteroatoms. The van der Waals surface area contributed by atoms with Crippen LogP contribution in [0.4, 0.5) is 0 Å². The molecule has 0 saturated heterocycles. The molecular formula is C27H35N7O7. The van der Waals surface area contributed by atoms with Crippen LogP contribution in [0.25, 0.3) is 10.9 Å². The van der Waals surface area contributed by atoms with Crippen molar-refractivity contribution in [2.75, 3.05) is 0 Å². The number of amides is 3. The molecule has 0 saturated carbocycles. The number of carbonyl (C=O) groups is 5. The van der Waals surface area contributed by atoms with E-state index in [4.69, 9.17) is 5.73 Å². The summed E-state index contributed by atoms with van der Waals surface area (Å²) >= 11 is 0. The monoisotopic (exact) mass is 569 g/mol. The second kappa shape index (κ2) is 14.1. The molecule has 0 spiro atoms. The fourth-order valence-electron chi connectivity index (χ4n) is 4.31. The van der Waals surface area contributed by atoms with Crippen molar-refractivity contribution in [1.29, 1.82) is 0 Å². The van der Waals surface area contributed by atoms with E-state index in [1.54, 1.807) is 20.0 Å². The van der Waals surface area contributed by atoms with Crippen LogP contribution in [0.2, 0.25) is 0 Å². The summed E-state index contributed by atoms with van der Waals surface area (Å²) in [6, 6.07) is 2.47. The number of carboxylic acids is 2. The molecule has 0 aliphatic rings. The molecule has 0 aliphatic heterocycles. The van der Waals surface area contributed by atoms with E-state index in [9.17, 15) is 34.2 Å². The quantitative estimate of drug-likeness (QED) is 0.123. The van der Waals surface area contributed by atoms with Gasteiger partial charge in [-0.1, -0.05) is 32.0 Å². The zero-order chi connectivity index (χ0) is 30.1. The van der Waals surface area contributed by atoms with Crippen LogP contribution in [-0.2, 0) is 36.8 Å². The molecule has 0 aliphatic carbocycles. The standard InChI is InChI=1S/C27H35N7O7/c1-14(2)23(27(40)41)34-26(39)21(9-15-11-30-19-6-4-3-5-17(15)19)33-25(38)20(7-8-22(35)36)32-24(37)18(28)10-16-12-29-13-31-16/h3-6,11-14,18,20-21,23,30H,7-10,28H2,1-2H3,(H,29,31)(H,32,37)(H,33,38)(H,34,39)(H,35,36)(H,40,41). The number of para-hydroxylation sites is 1. The zero-order valence-electron chi connectivity index (χ0n) is 22.7. The maximum atomic E-state index is 13.4. The minimum absolute atomic E-state index is 0.00897. The van der Waals surface area contributed by atoms with Crippen molar-refractivity contribution in [2.24, 2.45) is 11.7 Å². The van der Waals surface area contributed by atoms with E-state index in [0.29, 0.717) is 11.3 Å². The Morgan fingerprint density at radius 3 is 2.24 bits per heavy atom. The first-order chi connectivity index (χ1) is 19.5. The third kappa shape index (κ3) is 8.63. The molecule has 9 N–H and O–H groups in total. The molecule has 0 bridgehead atoms. The Kier molecular flexibility index (Phi) is 10.6. The second-order valence-electron chi connectivity index (χ2n) is 10.1. The number of hydrogen-bond donors (Lipinski definition) is 8. The molecule has 4 unspecified atom stereocenters. The first-order valence-corrected chi connectivity index (χ1v) is 13.1. The summed E-state index contributed by atoms with van der Waals surface area (Å²) in [5, 5.41) is 27.1. The van der Waals surface area contributed by atoms with Crippen molar-refractivity contribution in [3.05, 3.63) is 54.2 Å². The second-order valence-corrected chi connectivity index (χ2v) is 10.1. The predicted octanol–water partition coefficient (Wildman–Crippen LogP) is 0.0633. The van der Waals surface area contributed by atoms with E-state index in [1.165, 1.54) is 12.5 Å². The molecule has 3 rings (SSSR count). The van der Waals surface area contributed by atoms with Gasteiger partial charge in [-0.3, -0.25) is 19.2 Å². The average molecular weight is 570 g/mol. The summed E-state index contributed by atoms with van der Waals surface area (Å²) in [5.74, 6) is -5.13. The smallest absolute Gasteiger partial charge is 0.326 e. The van der Waals surface area contributed by atoms with Gasteiger partial charge in [-0.05, 0) is 24.0 Å². The predicted molar refractivity (Wildman–Crippen MR) is 147 cm³/mol. The van der Waals surface area contributed by atoms with Crippen LogP contribution >= 0.6 is 0 Å². The number of H-pyrrole nitrogens is 2. The third-order valence-electron chi connectivity index (χ3n) is 6.57. The topological polar surface area (TPSA) is 232 Å². The van der Waals surface area contributed by atoms with Gasteiger partial charge >= 0.3 is 11.9 Å². The highest BCUT2D eigenvalue weighted by molar-refractivity contribution is 5.95. The Labute approximate surface area is 235 Å². The van der Waals surface area contributed by atoms with Crippen molar-refractivity contribution in [3.8, 4) is 0 Å². The van der Waals surface area contributed by atoms with E-state index in [2.05, 4.69) is 30.9 Å². The number of aromatic nitrogens is 3. The van der Waals surface area contributed by atoms with E-state index < -0.39 is 66.2 Å². The highest BCUT2D eigenvalue weighted by Gasteiger charge is 2.32. The van der Waals surface area contributed by atoms with Gasteiger partial charge in [0.25, 0.3) is 0 Å². The van der Waals surface area contributed by atoms with E-state index in [0.717, 1.165) is 10.9 Å². The summed E-state index contributed by atoms with van der Waals surface area (Å²) in [4.78, 5) is 72.4. The van der Waals surface area contributed by atoms with Gasteiger partial charge in [0, 0.05) is 48.3 Å². The number of aromatic amines is 2. The van der Waals surface area contributed by atoms with Crippen LogP contribution in [0.3, 0.4) is 0 Å². The largest absolute Gasteiger partial charge is 0.481 e. The number of carboxylic acid groups (broad SMARTS) is 2. The molecule has 3 amide bonds. The molecule has 0 fully saturated rings. The number of rotatable bonds is 15. The van der Waals surface area contributed by atoms with Crippen LogP contribution in [0, 0.1) is 5.92 Å². The number of aliphatic carboxylic acids is 2. The molecule has 1 aromatic carbocycles. The lowest BCUT2D eigenvalue weighted by atomic mass is 10.0. The maximum Gasteiger partial charge on any atom is 0.326 e. The summed E-state index contributed by atoms with van der Waals surface area (Å²) in [6.45, 7) is 3.27. The maximum absolute atomic E-state index is 13.4. The number of nitrogens with two attached hydrogens (primary N) is 1. The number of nitrogens with zero attached hydrogens (tertiary/aromatic N) is 1. The van der Waals surface area contributed by atoms with Crippen molar-refractivity contribution in [2.45, 2.75) is 63.7 Å². The first kappa shape index (κ1) is 30.8. The molecule has 0 radical (unpaired) electrons. The van der Waals surface area contributed by atoms with Crippen LogP contribution < -0.4 is 21.7 Å².